The van der Waals surface area contributed by atoms with Gasteiger partial charge in [0, 0.05) is 55.5 Å². The van der Waals surface area contributed by atoms with Gasteiger partial charge in [0.1, 0.15) is 0 Å². The van der Waals surface area contributed by atoms with E-state index in [1.807, 2.05) is 0 Å². The van der Waals surface area contributed by atoms with Gasteiger partial charge in [-0.15, -0.1) is 11.6 Å². The molecule has 0 spiro atoms. The predicted octanol–water partition coefficient (Wildman–Crippen LogP) is 7.45. The minimum Gasteiger partial charge on any atom is -0.478 e. The number of carboxylic acids is 4. The fraction of sp³-hybridized carbons (Fsp3) is 0.0417. The van der Waals surface area contributed by atoms with E-state index in [0.29, 0.717) is 50.1 Å². The summed E-state index contributed by atoms with van der Waals surface area (Å²) in [5.74, 6) is -4.92. The maximum absolute atomic E-state index is 12.9. The average Bonchev–Trinajstić information content (AvgIpc) is 4.11. The lowest BCUT2D eigenvalue weighted by Gasteiger charge is -2.37. The number of carboxylic acid groups (broad SMARTS) is 4. The first-order chi connectivity index (χ1) is 29.8. The maximum atomic E-state index is 12.9. The van der Waals surface area contributed by atoms with E-state index >= 15 is 0 Å². The Morgan fingerprint density at radius 2 is 0.984 bits per heavy atom. The summed E-state index contributed by atoms with van der Waals surface area (Å²) in [6.07, 6.45) is 6.47. The highest BCUT2D eigenvalue weighted by atomic mass is 35.5. The molecule has 304 valence electrons. The van der Waals surface area contributed by atoms with Gasteiger partial charge in [0.15, 0.2) is 9.87 Å². The van der Waals surface area contributed by atoms with Crippen LogP contribution in [-0.2, 0) is 4.87 Å². The number of hydrogen-bond donors (Lipinski definition) is 6. The van der Waals surface area contributed by atoms with Crippen LogP contribution in [0.3, 0.4) is 0 Å². The van der Waals surface area contributed by atoms with Gasteiger partial charge in [0.2, 0.25) is 0 Å². The van der Waals surface area contributed by atoms with Gasteiger partial charge < -0.3 is 30.4 Å². The highest BCUT2D eigenvalue weighted by molar-refractivity contribution is 6.41. The number of hydrogen-bond acceptors (Lipinski definition) is 6. The van der Waals surface area contributed by atoms with E-state index in [-0.39, 0.29) is 50.3 Å². The van der Waals surface area contributed by atoms with E-state index in [1.54, 1.807) is 109 Å². The van der Waals surface area contributed by atoms with Crippen molar-refractivity contribution in [1.29, 1.82) is 0 Å². The Hall–Kier alpha value is -7.80. The van der Waals surface area contributed by atoms with Gasteiger partial charge in [-0.3, -0.25) is 4.99 Å². The SMILES string of the molecule is O=C(O)c1ccccc1C1=C2C=CC(=N2)C(c2ccccc2C(=O)O)=c2ccc([nH]2)=C(c2ccccc2C(=O)O)C2=NC(Cl)(C=C2)C(Cl)(c2ccccc2C(=O)O)c2ccc1[nH]2. The van der Waals surface area contributed by atoms with Crippen molar-refractivity contribution in [3.05, 3.63) is 218 Å². The summed E-state index contributed by atoms with van der Waals surface area (Å²) in [5, 5.41) is 42.5. The molecule has 8 bridgehead atoms. The van der Waals surface area contributed by atoms with Crippen LogP contribution in [0.25, 0.3) is 16.7 Å². The smallest absolute Gasteiger partial charge is 0.336 e. The van der Waals surface area contributed by atoms with Gasteiger partial charge in [0.05, 0.1) is 39.4 Å². The lowest BCUT2D eigenvalue weighted by Crippen LogP contribution is -2.42. The number of aromatic carboxylic acids is 4. The third-order valence-electron chi connectivity index (χ3n) is 11.0. The van der Waals surface area contributed by atoms with Crippen molar-refractivity contribution < 1.29 is 39.6 Å². The molecule has 12 nitrogen and oxygen atoms in total. The van der Waals surface area contributed by atoms with E-state index in [9.17, 15) is 39.6 Å². The van der Waals surface area contributed by atoms with Crippen LogP contribution >= 0.6 is 23.2 Å². The summed E-state index contributed by atoms with van der Waals surface area (Å²) in [6.45, 7) is 0. The molecule has 2 atom stereocenters. The van der Waals surface area contributed by atoms with Crippen LogP contribution in [0.15, 0.2) is 161 Å². The first-order valence-electron chi connectivity index (χ1n) is 18.9. The molecular weight excluding hydrogens is 831 g/mol. The van der Waals surface area contributed by atoms with Crippen molar-refractivity contribution in [2.45, 2.75) is 9.87 Å². The van der Waals surface area contributed by atoms with Crippen LogP contribution in [0.2, 0.25) is 0 Å². The predicted molar refractivity (Wildman–Crippen MR) is 234 cm³/mol. The van der Waals surface area contributed by atoms with Crippen LogP contribution in [-0.4, -0.2) is 70.7 Å². The maximum Gasteiger partial charge on any atom is 0.336 e. The summed E-state index contributed by atoms with van der Waals surface area (Å²) in [4.78, 5) is 64.0. The van der Waals surface area contributed by atoms with Crippen LogP contribution in [0.1, 0.15) is 75.1 Å². The second-order valence-corrected chi connectivity index (χ2v) is 15.6. The summed E-state index contributed by atoms with van der Waals surface area (Å²) in [6, 6.07) is 31.9. The summed E-state index contributed by atoms with van der Waals surface area (Å²) in [5.41, 5.74) is 2.88. The molecule has 9 rings (SSSR count). The van der Waals surface area contributed by atoms with Crippen molar-refractivity contribution in [2.75, 3.05) is 0 Å². The van der Waals surface area contributed by atoms with E-state index in [2.05, 4.69) is 9.97 Å². The van der Waals surface area contributed by atoms with Gasteiger partial charge in [-0.25, -0.2) is 24.2 Å². The molecule has 6 N–H and O–H groups in total. The zero-order valence-electron chi connectivity index (χ0n) is 31.9. The Balaban J connectivity index is 1.48. The molecule has 3 aliphatic rings. The van der Waals surface area contributed by atoms with Gasteiger partial charge >= 0.3 is 23.9 Å². The van der Waals surface area contributed by atoms with E-state index in [1.165, 1.54) is 36.4 Å². The number of allylic oxidation sites excluding steroid dienone is 3. The Morgan fingerprint density at radius 1 is 0.500 bits per heavy atom. The minimum atomic E-state index is -2.03. The molecule has 4 aromatic carbocycles. The second-order valence-electron chi connectivity index (χ2n) is 14.5. The molecular formula is C48H30Cl2N4O8. The molecule has 0 saturated heterocycles. The second kappa shape index (κ2) is 15.0. The Kier molecular flexibility index (Phi) is 9.61. The fourth-order valence-electron chi connectivity index (χ4n) is 8.26. The zero-order chi connectivity index (χ0) is 43.5. The number of carbonyl (C=O) groups is 4. The molecule has 3 aliphatic heterocycles. The zero-order valence-corrected chi connectivity index (χ0v) is 33.4. The fourth-order valence-corrected chi connectivity index (χ4v) is 9.00. The van der Waals surface area contributed by atoms with E-state index in [4.69, 9.17) is 33.2 Å². The molecule has 0 amide bonds. The summed E-state index contributed by atoms with van der Waals surface area (Å²) >= 11 is 15.5. The van der Waals surface area contributed by atoms with Crippen molar-refractivity contribution in [3.8, 4) is 0 Å². The molecule has 0 saturated carbocycles. The van der Waals surface area contributed by atoms with Crippen LogP contribution in [0.5, 0.6) is 0 Å². The highest BCUT2D eigenvalue weighted by Crippen LogP contribution is 2.54. The number of fused-ring (bicyclic) bond motifs is 6. The average molecular weight is 862 g/mol. The van der Waals surface area contributed by atoms with Crippen LogP contribution in [0.4, 0.5) is 0 Å². The largest absolute Gasteiger partial charge is 0.478 e. The number of aromatic nitrogens is 2. The van der Waals surface area contributed by atoms with Gasteiger partial charge in [-0.2, -0.15) is 0 Å². The highest BCUT2D eigenvalue weighted by Gasteiger charge is 2.55. The lowest BCUT2D eigenvalue weighted by atomic mass is 9.84. The quantitative estimate of drug-likeness (QED) is 0.0668. The van der Waals surface area contributed by atoms with Crippen LogP contribution < -0.4 is 10.7 Å². The first kappa shape index (κ1) is 39.6. The number of aliphatic imine (C=N–C) groups is 2. The molecule has 2 aromatic heterocycles. The summed E-state index contributed by atoms with van der Waals surface area (Å²) < 4.78 is 0. The number of nitrogens with one attached hydrogen (secondary N) is 2. The van der Waals surface area contributed by atoms with Crippen molar-refractivity contribution in [3.63, 3.8) is 0 Å². The standard InChI is InChI=1S/C48H30Cl2N4O8/c49-47-24-23-38(54-47)42(27-11-3-6-14-30(27)45(59)60)36-20-19-34(52-36)40(25-9-1-4-12-28(25)43(55)56)33-17-18-35(51-33)41(26-10-2-5-13-29(26)44(57)58)37-21-22-39(53-37)48(47,50)32-16-8-7-15-31(32)46(61)62/h1-24,52-53H,(H,55,56)(H,57,58)(H,59,60)(H,61,62). The van der Waals surface area contributed by atoms with E-state index in [0.717, 1.165) is 0 Å². The normalized spacial score (nSPS) is 19.1. The number of nitrogens with zero attached hydrogens (tertiary/aromatic N) is 2. The topological polar surface area (TPSA) is 205 Å². The Labute approximate surface area is 361 Å². The Bertz CT molecular complexity index is 3260. The van der Waals surface area contributed by atoms with Gasteiger partial charge in [-0.1, -0.05) is 84.4 Å². The van der Waals surface area contributed by atoms with E-state index < -0.39 is 33.7 Å². The molecule has 62 heavy (non-hydrogen) atoms. The summed E-state index contributed by atoms with van der Waals surface area (Å²) in [7, 11) is 0. The molecule has 0 radical (unpaired) electrons. The number of rotatable bonds is 8. The van der Waals surface area contributed by atoms with Crippen molar-refractivity contribution in [2.24, 2.45) is 9.98 Å². The molecule has 0 fully saturated rings. The number of benzene rings is 4. The van der Waals surface area contributed by atoms with Gasteiger partial charge in [-0.05, 0) is 78.4 Å². The molecule has 6 aromatic rings. The molecule has 14 heteroatoms. The number of H-pyrrole nitrogens is 2. The number of halogens is 2. The molecule has 2 unspecified atom stereocenters. The number of aromatic amines is 2. The van der Waals surface area contributed by atoms with Crippen molar-refractivity contribution >= 4 is 75.2 Å². The minimum absolute atomic E-state index is 0.0254. The third-order valence-corrected chi connectivity index (χ3v) is 12.3. The van der Waals surface area contributed by atoms with Crippen LogP contribution in [0, 0.1) is 0 Å². The number of alkyl halides is 2. The molecule has 0 aliphatic carbocycles. The lowest BCUT2D eigenvalue weighted by molar-refractivity contribution is 0.0684. The monoisotopic (exact) mass is 860 g/mol. The van der Waals surface area contributed by atoms with Crippen molar-refractivity contribution in [1.82, 2.24) is 9.97 Å². The Morgan fingerprint density at radius 3 is 1.53 bits per heavy atom. The molecule has 5 heterocycles. The van der Waals surface area contributed by atoms with Gasteiger partial charge in [0.25, 0.3) is 0 Å². The first-order valence-corrected chi connectivity index (χ1v) is 19.7. The third kappa shape index (κ3) is 6.32.